The van der Waals surface area contributed by atoms with Crippen LogP contribution in [0.25, 0.3) is 0 Å². The summed E-state index contributed by atoms with van der Waals surface area (Å²) in [7, 11) is 0. The Hall–Kier alpha value is -1.71. The van der Waals surface area contributed by atoms with Crippen LogP contribution in [-0.4, -0.2) is 18.1 Å². The van der Waals surface area contributed by atoms with Crippen molar-refractivity contribution in [3.8, 4) is 5.75 Å². The third-order valence-corrected chi connectivity index (χ3v) is 3.74. The summed E-state index contributed by atoms with van der Waals surface area (Å²) in [5.41, 5.74) is 8.48. The van der Waals surface area contributed by atoms with E-state index in [1.54, 1.807) is 0 Å². The van der Waals surface area contributed by atoms with Gasteiger partial charge in [0.25, 0.3) is 5.91 Å². The highest BCUT2D eigenvalue weighted by atomic mass is 16.5. The SMILES string of the molecule is CCC(C)(C)NC(=O)COc1cc(C)c(N)cc1C(C)C. The Labute approximate surface area is 128 Å². The van der Waals surface area contributed by atoms with Crippen molar-refractivity contribution in [1.82, 2.24) is 5.32 Å². The lowest BCUT2D eigenvalue weighted by atomic mass is 9.99. The van der Waals surface area contributed by atoms with Crippen molar-refractivity contribution in [3.05, 3.63) is 23.3 Å². The van der Waals surface area contributed by atoms with Crippen molar-refractivity contribution in [2.24, 2.45) is 0 Å². The number of nitrogens with two attached hydrogens (primary N) is 1. The molecule has 1 rings (SSSR count). The summed E-state index contributed by atoms with van der Waals surface area (Å²) in [6.07, 6.45) is 0.872. The molecule has 0 aliphatic carbocycles. The third-order valence-electron chi connectivity index (χ3n) is 3.74. The second-order valence-electron chi connectivity index (χ2n) is 6.48. The van der Waals surface area contributed by atoms with E-state index in [2.05, 4.69) is 19.2 Å². The lowest BCUT2D eigenvalue weighted by Crippen LogP contribution is -2.44. The van der Waals surface area contributed by atoms with Crippen molar-refractivity contribution >= 4 is 11.6 Å². The number of hydrogen-bond acceptors (Lipinski definition) is 3. The number of hydrogen-bond donors (Lipinski definition) is 2. The van der Waals surface area contributed by atoms with Crippen molar-refractivity contribution in [2.45, 2.75) is 59.4 Å². The fraction of sp³-hybridized carbons (Fsp3) is 0.588. The molecule has 0 unspecified atom stereocenters. The van der Waals surface area contributed by atoms with Gasteiger partial charge in [0.05, 0.1) is 0 Å². The molecule has 0 saturated carbocycles. The van der Waals surface area contributed by atoms with E-state index in [4.69, 9.17) is 10.5 Å². The van der Waals surface area contributed by atoms with Crippen LogP contribution < -0.4 is 15.8 Å². The Morgan fingerprint density at radius 3 is 2.52 bits per heavy atom. The fourth-order valence-electron chi connectivity index (χ4n) is 1.94. The molecular weight excluding hydrogens is 264 g/mol. The zero-order chi connectivity index (χ0) is 16.2. The standard InChI is InChI=1S/C17H28N2O2/c1-7-17(5,6)19-16(20)10-21-15-8-12(4)14(18)9-13(15)11(2)3/h8-9,11H,7,10,18H2,1-6H3,(H,19,20). The minimum Gasteiger partial charge on any atom is -0.483 e. The van der Waals surface area contributed by atoms with Crippen LogP contribution in [-0.2, 0) is 4.79 Å². The van der Waals surface area contributed by atoms with E-state index in [9.17, 15) is 4.79 Å². The van der Waals surface area contributed by atoms with Gasteiger partial charge < -0.3 is 15.8 Å². The Kier molecular flexibility index (Phi) is 5.64. The number of carbonyl (C=O) groups is 1. The van der Waals surface area contributed by atoms with Crippen molar-refractivity contribution < 1.29 is 9.53 Å². The minimum absolute atomic E-state index is 0.0203. The molecule has 1 aromatic carbocycles. The topological polar surface area (TPSA) is 64.3 Å². The first-order valence-electron chi connectivity index (χ1n) is 7.50. The number of amides is 1. The van der Waals surface area contributed by atoms with Gasteiger partial charge in [-0.05, 0) is 56.4 Å². The van der Waals surface area contributed by atoms with Gasteiger partial charge in [-0.1, -0.05) is 20.8 Å². The normalized spacial score (nSPS) is 11.6. The van der Waals surface area contributed by atoms with Crippen LogP contribution in [0.4, 0.5) is 5.69 Å². The van der Waals surface area contributed by atoms with Gasteiger partial charge in [-0.3, -0.25) is 4.79 Å². The van der Waals surface area contributed by atoms with E-state index in [1.807, 2.05) is 39.8 Å². The molecule has 0 atom stereocenters. The summed E-state index contributed by atoms with van der Waals surface area (Å²) < 4.78 is 5.72. The zero-order valence-electron chi connectivity index (χ0n) is 14.0. The first-order chi connectivity index (χ1) is 9.66. The maximum absolute atomic E-state index is 12.0. The summed E-state index contributed by atoms with van der Waals surface area (Å²) in [4.78, 5) is 12.0. The maximum Gasteiger partial charge on any atom is 0.258 e. The van der Waals surface area contributed by atoms with Gasteiger partial charge in [-0.25, -0.2) is 0 Å². The number of ether oxygens (including phenoxy) is 1. The third kappa shape index (κ3) is 4.96. The zero-order valence-corrected chi connectivity index (χ0v) is 14.0. The molecule has 0 aliphatic rings. The van der Waals surface area contributed by atoms with Gasteiger partial charge in [0.15, 0.2) is 6.61 Å². The van der Waals surface area contributed by atoms with E-state index in [0.29, 0.717) is 0 Å². The molecule has 118 valence electrons. The van der Waals surface area contributed by atoms with Gasteiger partial charge in [0.1, 0.15) is 5.75 Å². The van der Waals surface area contributed by atoms with Gasteiger partial charge in [-0.15, -0.1) is 0 Å². The number of rotatable bonds is 6. The van der Waals surface area contributed by atoms with Crippen LogP contribution >= 0.6 is 0 Å². The second-order valence-corrected chi connectivity index (χ2v) is 6.48. The predicted octanol–water partition coefficient (Wildman–Crippen LogP) is 3.38. The summed E-state index contributed by atoms with van der Waals surface area (Å²) in [5, 5.41) is 2.96. The van der Waals surface area contributed by atoms with Crippen LogP contribution in [0, 0.1) is 6.92 Å². The summed E-state index contributed by atoms with van der Waals surface area (Å²) in [6.45, 7) is 12.2. The summed E-state index contributed by atoms with van der Waals surface area (Å²) >= 11 is 0. The van der Waals surface area contributed by atoms with Crippen LogP contribution in [0.3, 0.4) is 0 Å². The molecule has 4 heteroatoms. The van der Waals surface area contributed by atoms with E-state index >= 15 is 0 Å². The average Bonchev–Trinajstić information content (AvgIpc) is 2.39. The molecule has 0 spiro atoms. The molecule has 0 fully saturated rings. The molecular formula is C17H28N2O2. The average molecular weight is 292 g/mol. The number of nitrogen functional groups attached to an aromatic ring is 1. The monoisotopic (exact) mass is 292 g/mol. The van der Waals surface area contributed by atoms with Crippen molar-refractivity contribution in [2.75, 3.05) is 12.3 Å². The molecule has 0 heterocycles. The second kappa shape index (κ2) is 6.83. The van der Waals surface area contributed by atoms with E-state index in [0.717, 1.165) is 29.0 Å². The minimum atomic E-state index is -0.210. The van der Waals surface area contributed by atoms with Crippen molar-refractivity contribution in [1.29, 1.82) is 0 Å². The van der Waals surface area contributed by atoms with Crippen LogP contribution in [0.2, 0.25) is 0 Å². The summed E-state index contributed by atoms with van der Waals surface area (Å²) in [6, 6.07) is 3.84. The van der Waals surface area contributed by atoms with Crippen LogP contribution in [0.15, 0.2) is 12.1 Å². The van der Waals surface area contributed by atoms with E-state index in [-0.39, 0.29) is 24.0 Å². The fourth-order valence-corrected chi connectivity index (χ4v) is 1.94. The molecule has 1 aromatic rings. The molecule has 0 saturated heterocycles. The summed E-state index contributed by atoms with van der Waals surface area (Å²) in [5.74, 6) is 0.922. The van der Waals surface area contributed by atoms with Gasteiger partial charge in [0.2, 0.25) is 0 Å². The molecule has 0 bridgehead atoms. The lowest BCUT2D eigenvalue weighted by Gasteiger charge is -2.24. The lowest BCUT2D eigenvalue weighted by molar-refractivity contribution is -0.124. The number of aryl methyl sites for hydroxylation is 1. The molecule has 21 heavy (non-hydrogen) atoms. The number of anilines is 1. The molecule has 0 radical (unpaired) electrons. The highest BCUT2D eigenvalue weighted by Gasteiger charge is 2.18. The Morgan fingerprint density at radius 1 is 1.38 bits per heavy atom. The molecule has 1 amide bonds. The first-order valence-corrected chi connectivity index (χ1v) is 7.50. The van der Waals surface area contributed by atoms with Gasteiger partial charge in [-0.2, -0.15) is 0 Å². The largest absolute Gasteiger partial charge is 0.483 e. The van der Waals surface area contributed by atoms with Crippen molar-refractivity contribution in [3.63, 3.8) is 0 Å². The highest BCUT2D eigenvalue weighted by molar-refractivity contribution is 5.78. The smallest absolute Gasteiger partial charge is 0.258 e. The Balaban J connectivity index is 2.80. The van der Waals surface area contributed by atoms with Gasteiger partial charge in [0, 0.05) is 11.2 Å². The molecule has 0 aromatic heterocycles. The van der Waals surface area contributed by atoms with Crippen LogP contribution in [0.5, 0.6) is 5.75 Å². The number of benzene rings is 1. The Morgan fingerprint density at radius 2 is 2.00 bits per heavy atom. The number of carbonyl (C=O) groups excluding carboxylic acids is 1. The van der Waals surface area contributed by atoms with Crippen LogP contribution in [0.1, 0.15) is 58.1 Å². The Bertz CT molecular complexity index is 508. The molecule has 3 N–H and O–H groups in total. The van der Waals surface area contributed by atoms with Gasteiger partial charge >= 0.3 is 0 Å². The quantitative estimate of drug-likeness (QED) is 0.790. The molecule has 4 nitrogen and oxygen atoms in total. The van der Waals surface area contributed by atoms with E-state index in [1.165, 1.54) is 0 Å². The maximum atomic E-state index is 12.0. The molecule has 0 aliphatic heterocycles. The highest BCUT2D eigenvalue weighted by Crippen LogP contribution is 2.30. The van der Waals surface area contributed by atoms with E-state index < -0.39 is 0 Å². The first kappa shape index (κ1) is 17.3. The number of nitrogens with one attached hydrogen (secondary N) is 1. The predicted molar refractivity (Wildman–Crippen MR) is 87.7 cm³/mol.